The predicted octanol–water partition coefficient (Wildman–Crippen LogP) is 3.28. The van der Waals surface area contributed by atoms with Crippen LogP contribution in [0.1, 0.15) is 27.2 Å². The molecular formula is C17H21N3O. The second-order valence-corrected chi connectivity index (χ2v) is 5.46. The number of nitrogens with zero attached hydrogens (tertiary/aromatic N) is 2. The minimum absolute atomic E-state index is 0.0603. The Morgan fingerprint density at radius 2 is 2.24 bits per heavy atom. The molecule has 0 saturated heterocycles. The number of hydrogen-bond donors (Lipinski definition) is 1. The molecule has 0 amide bonds. The molecule has 0 aliphatic heterocycles. The number of ether oxygens (including phenoxy) is 1. The van der Waals surface area contributed by atoms with Gasteiger partial charge in [0.15, 0.2) is 0 Å². The van der Waals surface area contributed by atoms with E-state index in [4.69, 9.17) is 4.74 Å². The summed E-state index contributed by atoms with van der Waals surface area (Å²) < 4.78 is 5.94. The summed E-state index contributed by atoms with van der Waals surface area (Å²) in [4.78, 5) is 4.32. The lowest BCUT2D eigenvalue weighted by atomic mass is 9.96. The first-order chi connectivity index (χ1) is 10.1. The van der Waals surface area contributed by atoms with Gasteiger partial charge in [0.1, 0.15) is 11.3 Å². The van der Waals surface area contributed by atoms with Crippen molar-refractivity contribution >= 4 is 10.9 Å². The quantitative estimate of drug-likeness (QED) is 0.884. The molecule has 1 aromatic carbocycles. The summed E-state index contributed by atoms with van der Waals surface area (Å²) in [5.74, 6) is 0.783. The maximum absolute atomic E-state index is 9.29. The van der Waals surface area contributed by atoms with Gasteiger partial charge in [-0.05, 0) is 38.6 Å². The minimum Gasteiger partial charge on any atom is -0.491 e. The van der Waals surface area contributed by atoms with Crippen molar-refractivity contribution in [1.82, 2.24) is 10.3 Å². The minimum atomic E-state index is -0.566. The smallest absolute Gasteiger partial charge is 0.121 e. The first kappa shape index (κ1) is 15.3. The van der Waals surface area contributed by atoms with Crippen LogP contribution in [0.15, 0.2) is 36.5 Å². The van der Waals surface area contributed by atoms with E-state index in [0.717, 1.165) is 23.2 Å². The van der Waals surface area contributed by atoms with Crippen LogP contribution in [0.5, 0.6) is 5.75 Å². The molecule has 21 heavy (non-hydrogen) atoms. The standard InChI is InChI=1S/C17H21N3O/c1-4-20-17(3,12-18)11-13(2)21-15-8-7-14-6-5-9-19-16(14)10-15/h5-10,13,20H,4,11H2,1-3H3. The molecule has 1 N–H and O–H groups in total. The van der Waals surface area contributed by atoms with Crippen LogP contribution < -0.4 is 10.1 Å². The highest BCUT2D eigenvalue weighted by Crippen LogP contribution is 2.22. The van der Waals surface area contributed by atoms with E-state index in [-0.39, 0.29) is 6.10 Å². The molecule has 0 spiro atoms. The molecule has 0 aliphatic rings. The van der Waals surface area contributed by atoms with E-state index in [0.29, 0.717) is 6.42 Å². The van der Waals surface area contributed by atoms with Gasteiger partial charge in [0.2, 0.25) is 0 Å². The molecule has 2 rings (SSSR count). The average molecular weight is 283 g/mol. The van der Waals surface area contributed by atoms with Gasteiger partial charge in [-0.2, -0.15) is 5.26 Å². The molecule has 0 fully saturated rings. The van der Waals surface area contributed by atoms with E-state index in [1.807, 2.05) is 51.1 Å². The van der Waals surface area contributed by atoms with Gasteiger partial charge in [-0.25, -0.2) is 0 Å². The van der Waals surface area contributed by atoms with Crippen LogP contribution in [-0.2, 0) is 0 Å². The third kappa shape index (κ3) is 3.93. The molecule has 0 radical (unpaired) electrons. The number of aromatic nitrogens is 1. The van der Waals surface area contributed by atoms with Gasteiger partial charge in [0.05, 0.1) is 17.7 Å². The third-order valence-corrected chi connectivity index (χ3v) is 3.42. The Labute approximate surface area is 125 Å². The Balaban J connectivity index is 2.07. The van der Waals surface area contributed by atoms with E-state index in [1.165, 1.54) is 0 Å². The first-order valence-electron chi connectivity index (χ1n) is 7.24. The number of nitriles is 1. The van der Waals surface area contributed by atoms with Crippen LogP contribution in [-0.4, -0.2) is 23.2 Å². The Morgan fingerprint density at radius 1 is 1.43 bits per heavy atom. The van der Waals surface area contributed by atoms with Gasteiger partial charge < -0.3 is 4.74 Å². The lowest BCUT2D eigenvalue weighted by molar-refractivity contribution is 0.181. The Kier molecular flexibility index (Phi) is 4.77. The van der Waals surface area contributed by atoms with Crippen molar-refractivity contribution in [2.45, 2.75) is 38.8 Å². The summed E-state index contributed by atoms with van der Waals surface area (Å²) in [7, 11) is 0. The van der Waals surface area contributed by atoms with Crippen molar-refractivity contribution in [3.05, 3.63) is 36.5 Å². The van der Waals surface area contributed by atoms with Crippen LogP contribution in [0.25, 0.3) is 10.9 Å². The van der Waals surface area contributed by atoms with Crippen LogP contribution in [0, 0.1) is 11.3 Å². The zero-order chi connectivity index (χ0) is 15.3. The second-order valence-electron chi connectivity index (χ2n) is 5.46. The fourth-order valence-electron chi connectivity index (χ4n) is 2.52. The molecule has 4 heteroatoms. The monoisotopic (exact) mass is 283 g/mol. The number of fused-ring (bicyclic) bond motifs is 1. The molecule has 4 nitrogen and oxygen atoms in total. The van der Waals surface area contributed by atoms with E-state index in [9.17, 15) is 5.26 Å². The second kappa shape index (κ2) is 6.55. The molecule has 0 bridgehead atoms. The fraction of sp³-hybridized carbons (Fsp3) is 0.412. The summed E-state index contributed by atoms with van der Waals surface area (Å²) in [6, 6.07) is 12.1. The lowest BCUT2D eigenvalue weighted by Gasteiger charge is -2.26. The molecule has 0 aliphatic carbocycles. The molecule has 1 aromatic heterocycles. The van der Waals surface area contributed by atoms with Gasteiger partial charge in [-0.3, -0.25) is 10.3 Å². The number of rotatable bonds is 6. The average Bonchev–Trinajstić information content (AvgIpc) is 2.47. The Bertz CT molecular complexity index is 650. The number of pyridine rings is 1. The molecule has 2 aromatic rings. The summed E-state index contributed by atoms with van der Waals surface area (Å²) >= 11 is 0. The third-order valence-electron chi connectivity index (χ3n) is 3.42. The summed E-state index contributed by atoms with van der Waals surface area (Å²) in [5.41, 5.74) is 0.348. The highest BCUT2D eigenvalue weighted by molar-refractivity contribution is 5.79. The fourth-order valence-corrected chi connectivity index (χ4v) is 2.52. The van der Waals surface area contributed by atoms with Crippen LogP contribution >= 0.6 is 0 Å². The Hall–Kier alpha value is -2.12. The molecule has 2 unspecified atom stereocenters. The topological polar surface area (TPSA) is 57.9 Å². The van der Waals surface area contributed by atoms with Crippen LogP contribution in [0.2, 0.25) is 0 Å². The highest BCUT2D eigenvalue weighted by atomic mass is 16.5. The summed E-state index contributed by atoms with van der Waals surface area (Å²) in [6.45, 7) is 6.64. The van der Waals surface area contributed by atoms with E-state index in [1.54, 1.807) is 6.20 Å². The highest BCUT2D eigenvalue weighted by Gasteiger charge is 2.26. The van der Waals surface area contributed by atoms with Crippen molar-refractivity contribution in [1.29, 1.82) is 5.26 Å². The van der Waals surface area contributed by atoms with Crippen molar-refractivity contribution in [2.24, 2.45) is 0 Å². The molecular weight excluding hydrogens is 262 g/mol. The Morgan fingerprint density at radius 3 is 2.95 bits per heavy atom. The van der Waals surface area contributed by atoms with Gasteiger partial charge in [-0.15, -0.1) is 0 Å². The number of hydrogen-bond acceptors (Lipinski definition) is 4. The maximum Gasteiger partial charge on any atom is 0.121 e. The van der Waals surface area contributed by atoms with Crippen molar-refractivity contribution < 1.29 is 4.74 Å². The van der Waals surface area contributed by atoms with Gasteiger partial charge in [0.25, 0.3) is 0 Å². The van der Waals surface area contributed by atoms with Gasteiger partial charge >= 0.3 is 0 Å². The van der Waals surface area contributed by atoms with Gasteiger partial charge in [-0.1, -0.05) is 13.0 Å². The molecule has 0 saturated carbocycles. The normalized spacial score (nSPS) is 15.1. The molecule has 110 valence electrons. The largest absolute Gasteiger partial charge is 0.491 e. The maximum atomic E-state index is 9.29. The first-order valence-corrected chi connectivity index (χ1v) is 7.24. The SMILES string of the molecule is CCNC(C)(C#N)CC(C)Oc1ccc2cccnc2c1. The van der Waals surface area contributed by atoms with Crippen LogP contribution in [0.4, 0.5) is 0 Å². The summed E-state index contributed by atoms with van der Waals surface area (Å²) in [6.07, 6.45) is 2.33. The number of nitrogens with one attached hydrogen (secondary N) is 1. The van der Waals surface area contributed by atoms with E-state index < -0.39 is 5.54 Å². The molecule has 1 heterocycles. The number of benzene rings is 1. The van der Waals surface area contributed by atoms with Crippen molar-refractivity contribution in [3.8, 4) is 11.8 Å². The van der Waals surface area contributed by atoms with Crippen molar-refractivity contribution in [3.63, 3.8) is 0 Å². The van der Waals surface area contributed by atoms with Crippen LogP contribution in [0.3, 0.4) is 0 Å². The lowest BCUT2D eigenvalue weighted by Crippen LogP contribution is -2.44. The summed E-state index contributed by atoms with van der Waals surface area (Å²) in [5, 5.41) is 13.6. The van der Waals surface area contributed by atoms with Crippen molar-refractivity contribution in [2.75, 3.05) is 6.54 Å². The van der Waals surface area contributed by atoms with E-state index >= 15 is 0 Å². The van der Waals surface area contributed by atoms with Gasteiger partial charge in [0, 0.05) is 24.1 Å². The molecule has 2 atom stereocenters. The zero-order valence-corrected chi connectivity index (χ0v) is 12.8. The zero-order valence-electron chi connectivity index (χ0n) is 12.8. The van der Waals surface area contributed by atoms with E-state index in [2.05, 4.69) is 16.4 Å². The predicted molar refractivity (Wildman–Crippen MR) is 84.1 cm³/mol.